The van der Waals surface area contributed by atoms with Crippen molar-refractivity contribution in [2.45, 2.75) is 0 Å². The molecular formula is C14H8BrCl2F2NO2. The van der Waals surface area contributed by atoms with E-state index in [-0.39, 0.29) is 20.9 Å². The summed E-state index contributed by atoms with van der Waals surface area (Å²) in [6, 6.07) is 6.22. The van der Waals surface area contributed by atoms with Crippen molar-refractivity contribution in [3.63, 3.8) is 0 Å². The van der Waals surface area contributed by atoms with Gasteiger partial charge in [-0.15, -0.1) is 0 Å². The van der Waals surface area contributed by atoms with E-state index in [2.05, 4.69) is 21.2 Å². The second kappa shape index (κ2) is 7.26. The van der Waals surface area contributed by atoms with Crippen molar-refractivity contribution in [1.29, 1.82) is 0 Å². The number of carbonyl (C=O) groups excluding carboxylic acids is 1. The van der Waals surface area contributed by atoms with Gasteiger partial charge in [-0.3, -0.25) is 4.79 Å². The van der Waals surface area contributed by atoms with Crippen LogP contribution >= 0.6 is 39.1 Å². The second-order valence-corrected chi connectivity index (χ2v) is 5.85. The average molecular weight is 411 g/mol. The summed E-state index contributed by atoms with van der Waals surface area (Å²) in [4.78, 5) is 11.8. The number of anilines is 1. The number of hydrogen-bond donors (Lipinski definition) is 1. The van der Waals surface area contributed by atoms with E-state index < -0.39 is 24.1 Å². The van der Waals surface area contributed by atoms with Crippen LogP contribution in [-0.2, 0) is 4.79 Å². The highest BCUT2D eigenvalue weighted by atomic mass is 79.9. The molecule has 0 unspecified atom stereocenters. The third-order valence-electron chi connectivity index (χ3n) is 2.52. The molecule has 0 aliphatic heterocycles. The molecule has 2 rings (SSSR count). The van der Waals surface area contributed by atoms with E-state index in [0.717, 1.165) is 6.07 Å². The van der Waals surface area contributed by atoms with Crippen molar-refractivity contribution < 1.29 is 18.3 Å². The fourth-order valence-corrected chi connectivity index (χ4v) is 2.54. The zero-order valence-electron chi connectivity index (χ0n) is 10.8. The monoisotopic (exact) mass is 409 g/mol. The van der Waals surface area contributed by atoms with E-state index in [1.54, 1.807) is 6.07 Å². The molecule has 2 aromatic carbocycles. The van der Waals surface area contributed by atoms with Gasteiger partial charge in [0, 0.05) is 15.6 Å². The van der Waals surface area contributed by atoms with Crippen LogP contribution in [0.4, 0.5) is 14.5 Å². The molecule has 1 N–H and O–H groups in total. The van der Waals surface area contributed by atoms with Crippen molar-refractivity contribution >= 4 is 50.7 Å². The highest BCUT2D eigenvalue weighted by Crippen LogP contribution is 2.28. The lowest BCUT2D eigenvalue weighted by molar-refractivity contribution is -0.118. The number of rotatable bonds is 4. The number of carbonyl (C=O) groups is 1. The number of benzene rings is 2. The van der Waals surface area contributed by atoms with E-state index >= 15 is 0 Å². The number of hydrogen-bond acceptors (Lipinski definition) is 2. The molecule has 0 bridgehead atoms. The van der Waals surface area contributed by atoms with E-state index in [9.17, 15) is 13.6 Å². The minimum Gasteiger partial charge on any atom is -0.482 e. The molecular weight excluding hydrogens is 403 g/mol. The minimum absolute atomic E-state index is 0.0860. The maximum Gasteiger partial charge on any atom is 0.262 e. The first kappa shape index (κ1) is 17.0. The van der Waals surface area contributed by atoms with E-state index in [0.29, 0.717) is 11.1 Å². The van der Waals surface area contributed by atoms with Crippen LogP contribution < -0.4 is 10.1 Å². The van der Waals surface area contributed by atoms with Gasteiger partial charge in [0.1, 0.15) is 11.6 Å². The van der Waals surface area contributed by atoms with Gasteiger partial charge in [0.25, 0.3) is 5.91 Å². The van der Waals surface area contributed by atoms with E-state index in [4.69, 9.17) is 27.9 Å². The van der Waals surface area contributed by atoms with Crippen LogP contribution in [0.25, 0.3) is 0 Å². The summed E-state index contributed by atoms with van der Waals surface area (Å²) in [5.74, 6) is -2.02. The molecule has 0 spiro atoms. The van der Waals surface area contributed by atoms with Crippen LogP contribution in [0.2, 0.25) is 10.0 Å². The number of amides is 1. The summed E-state index contributed by atoms with van der Waals surface area (Å²) < 4.78 is 31.8. The third kappa shape index (κ3) is 4.32. The Morgan fingerprint density at radius 1 is 1.23 bits per heavy atom. The Bertz CT molecular complexity index is 705. The number of ether oxygens (including phenoxy) is 1. The molecule has 116 valence electrons. The van der Waals surface area contributed by atoms with Crippen LogP contribution in [0.5, 0.6) is 5.75 Å². The lowest BCUT2D eigenvalue weighted by Crippen LogP contribution is -2.21. The zero-order chi connectivity index (χ0) is 16.3. The summed E-state index contributed by atoms with van der Waals surface area (Å²) in [5, 5.41) is 2.96. The summed E-state index contributed by atoms with van der Waals surface area (Å²) in [7, 11) is 0. The Hall–Kier alpha value is -1.37. The fraction of sp³-hybridized carbons (Fsp3) is 0.0714. The molecule has 0 radical (unpaired) electrons. The van der Waals surface area contributed by atoms with Crippen molar-refractivity contribution in [1.82, 2.24) is 0 Å². The molecule has 0 atom stereocenters. The van der Waals surface area contributed by atoms with Gasteiger partial charge in [0.2, 0.25) is 0 Å². The molecule has 0 saturated carbocycles. The van der Waals surface area contributed by atoms with E-state index in [1.807, 2.05) is 0 Å². The van der Waals surface area contributed by atoms with E-state index in [1.165, 1.54) is 12.1 Å². The largest absolute Gasteiger partial charge is 0.482 e. The van der Waals surface area contributed by atoms with Crippen LogP contribution in [0.3, 0.4) is 0 Å². The third-order valence-corrected chi connectivity index (χ3v) is 3.68. The SMILES string of the molecule is O=C(COc1ccc(Cl)cc1Cl)Nc1c(F)cc(F)cc1Br. The summed E-state index contributed by atoms with van der Waals surface area (Å²) in [6.45, 7) is -0.398. The predicted octanol–water partition coefficient (Wildman–Crippen LogP) is 5.05. The topological polar surface area (TPSA) is 38.3 Å². The maximum absolute atomic E-state index is 13.6. The highest BCUT2D eigenvalue weighted by Gasteiger charge is 2.13. The maximum atomic E-state index is 13.6. The molecule has 3 nitrogen and oxygen atoms in total. The Labute approximate surface area is 143 Å². The first-order chi connectivity index (χ1) is 10.4. The zero-order valence-corrected chi connectivity index (χ0v) is 13.9. The Kier molecular flexibility index (Phi) is 5.61. The molecule has 22 heavy (non-hydrogen) atoms. The molecule has 1 amide bonds. The molecule has 0 saturated heterocycles. The van der Waals surface area contributed by atoms with Gasteiger partial charge in [0.15, 0.2) is 12.4 Å². The van der Waals surface area contributed by atoms with Gasteiger partial charge in [-0.2, -0.15) is 0 Å². The molecule has 8 heteroatoms. The Balaban J connectivity index is 2.02. The van der Waals surface area contributed by atoms with Crippen molar-refractivity contribution in [2.24, 2.45) is 0 Å². The van der Waals surface area contributed by atoms with Crippen LogP contribution in [0, 0.1) is 11.6 Å². The van der Waals surface area contributed by atoms with Crippen molar-refractivity contribution in [3.8, 4) is 5.75 Å². The standard InChI is InChI=1S/C14H8BrCl2F2NO2/c15-9-4-8(18)5-11(19)14(9)20-13(21)6-22-12-2-1-7(16)3-10(12)17/h1-5H,6H2,(H,20,21). The smallest absolute Gasteiger partial charge is 0.262 e. The van der Waals surface area contributed by atoms with Crippen LogP contribution in [-0.4, -0.2) is 12.5 Å². The highest BCUT2D eigenvalue weighted by molar-refractivity contribution is 9.10. The molecule has 0 fully saturated rings. The lowest BCUT2D eigenvalue weighted by Gasteiger charge is -2.11. The van der Waals surface area contributed by atoms with Crippen LogP contribution in [0.15, 0.2) is 34.8 Å². The average Bonchev–Trinajstić information content (AvgIpc) is 2.42. The Morgan fingerprint density at radius 3 is 2.59 bits per heavy atom. The molecule has 2 aromatic rings. The number of halogens is 5. The van der Waals surface area contributed by atoms with Gasteiger partial charge in [0.05, 0.1) is 10.7 Å². The van der Waals surface area contributed by atoms with Gasteiger partial charge < -0.3 is 10.1 Å². The van der Waals surface area contributed by atoms with Gasteiger partial charge in [-0.25, -0.2) is 8.78 Å². The van der Waals surface area contributed by atoms with Crippen LogP contribution in [0.1, 0.15) is 0 Å². The molecule has 0 aromatic heterocycles. The van der Waals surface area contributed by atoms with Gasteiger partial charge >= 0.3 is 0 Å². The minimum atomic E-state index is -0.898. The van der Waals surface area contributed by atoms with Gasteiger partial charge in [-0.1, -0.05) is 23.2 Å². The summed E-state index contributed by atoms with van der Waals surface area (Å²) in [5.41, 5.74) is -0.169. The van der Waals surface area contributed by atoms with Gasteiger partial charge in [-0.05, 0) is 40.2 Å². The van der Waals surface area contributed by atoms with Crippen molar-refractivity contribution in [2.75, 3.05) is 11.9 Å². The lowest BCUT2D eigenvalue weighted by atomic mass is 10.3. The molecule has 0 aliphatic carbocycles. The predicted molar refractivity (Wildman–Crippen MR) is 84.6 cm³/mol. The Morgan fingerprint density at radius 2 is 1.95 bits per heavy atom. The summed E-state index contributed by atoms with van der Waals surface area (Å²) >= 11 is 14.6. The molecule has 0 aliphatic rings. The fourth-order valence-electron chi connectivity index (χ4n) is 1.57. The quantitative estimate of drug-likeness (QED) is 0.765. The number of nitrogens with one attached hydrogen (secondary N) is 1. The normalized spacial score (nSPS) is 10.4. The summed E-state index contributed by atoms with van der Waals surface area (Å²) in [6.07, 6.45) is 0. The second-order valence-electron chi connectivity index (χ2n) is 4.16. The van der Waals surface area contributed by atoms with Crippen molar-refractivity contribution in [3.05, 3.63) is 56.5 Å². The first-order valence-corrected chi connectivity index (χ1v) is 7.44. The first-order valence-electron chi connectivity index (χ1n) is 5.89. The molecule has 0 heterocycles.